The summed E-state index contributed by atoms with van der Waals surface area (Å²) >= 11 is 0. The van der Waals surface area contributed by atoms with Gasteiger partial charge in [-0.1, -0.05) is 0 Å². The second-order valence-corrected chi connectivity index (χ2v) is 4.28. The molecule has 3 heteroatoms. The lowest BCUT2D eigenvalue weighted by Crippen LogP contribution is -2.07. The lowest BCUT2D eigenvalue weighted by Gasteiger charge is -2.00. The molecule has 2 aromatic rings. The van der Waals surface area contributed by atoms with Crippen LogP contribution in [-0.4, -0.2) is 14.2 Å². The Balaban J connectivity index is 2.45. The van der Waals surface area contributed by atoms with Gasteiger partial charge in [0.05, 0.1) is 26.7 Å². The first-order valence-corrected chi connectivity index (χ1v) is 6.00. The number of benzene rings is 2. The zero-order chi connectivity index (χ0) is 13.2. The van der Waals surface area contributed by atoms with Gasteiger partial charge in [0.2, 0.25) is 0 Å². The molecule has 0 aromatic heterocycles. The average Bonchev–Trinajstić information content (AvgIpc) is 2.64. The molecule has 1 aliphatic heterocycles. The van der Waals surface area contributed by atoms with Gasteiger partial charge in [0.1, 0.15) is 11.5 Å². The molecule has 0 aliphatic carbocycles. The van der Waals surface area contributed by atoms with Crippen molar-refractivity contribution in [2.45, 2.75) is 0 Å². The first kappa shape index (κ1) is 11.7. The SMILES string of the molecule is COc1ccc2c(c1)=COC=c1cc(OC)ccc1=2. The van der Waals surface area contributed by atoms with E-state index >= 15 is 0 Å². The summed E-state index contributed by atoms with van der Waals surface area (Å²) in [5.41, 5.74) is 0. The number of fused-ring (bicyclic) bond motifs is 2. The molecule has 0 N–H and O–H groups in total. The summed E-state index contributed by atoms with van der Waals surface area (Å²) in [6, 6.07) is 11.9. The van der Waals surface area contributed by atoms with E-state index in [1.807, 2.05) is 36.4 Å². The summed E-state index contributed by atoms with van der Waals surface area (Å²) < 4.78 is 16.0. The third-order valence-corrected chi connectivity index (χ3v) is 3.20. The highest BCUT2D eigenvalue weighted by Crippen LogP contribution is 2.09. The van der Waals surface area contributed by atoms with Crippen LogP contribution in [0, 0.1) is 10.4 Å². The van der Waals surface area contributed by atoms with E-state index < -0.39 is 0 Å². The van der Waals surface area contributed by atoms with Crippen molar-refractivity contribution in [3.63, 3.8) is 0 Å². The molecular formula is C16H14O3. The molecule has 1 aliphatic rings. The fourth-order valence-corrected chi connectivity index (χ4v) is 2.20. The Hall–Kier alpha value is -2.42. The maximum atomic E-state index is 5.49. The normalized spacial score (nSPS) is 11.9. The molecular weight excluding hydrogens is 240 g/mol. The molecule has 0 saturated heterocycles. The van der Waals surface area contributed by atoms with Crippen molar-refractivity contribution in [3.8, 4) is 11.5 Å². The molecule has 0 bridgehead atoms. The van der Waals surface area contributed by atoms with Gasteiger partial charge >= 0.3 is 0 Å². The van der Waals surface area contributed by atoms with Gasteiger partial charge in [0, 0.05) is 10.4 Å². The Morgan fingerprint density at radius 2 is 1.21 bits per heavy atom. The van der Waals surface area contributed by atoms with E-state index in [1.165, 1.54) is 0 Å². The monoisotopic (exact) mass is 254 g/mol. The van der Waals surface area contributed by atoms with E-state index in [9.17, 15) is 0 Å². The Bertz CT molecular complexity index is 753. The Morgan fingerprint density at radius 1 is 0.737 bits per heavy atom. The molecule has 0 atom stereocenters. The molecule has 0 saturated carbocycles. The molecule has 2 aromatic carbocycles. The van der Waals surface area contributed by atoms with E-state index in [4.69, 9.17) is 14.2 Å². The van der Waals surface area contributed by atoms with Crippen molar-refractivity contribution in [1.82, 2.24) is 0 Å². The highest BCUT2D eigenvalue weighted by molar-refractivity contribution is 5.38. The summed E-state index contributed by atoms with van der Waals surface area (Å²) in [6.45, 7) is 0. The minimum atomic E-state index is 0.815. The molecule has 0 amide bonds. The van der Waals surface area contributed by atoms with Crippen molar-refractivity contribution in [2.24, 2.45) is 0 Å². The molecule has 0 fully saturated rings. The van der Waals surface area contributed by atoms with Gasteiger partial charge in [0.25, 0.3) is 0 Å². The first-order valence-electron chi connectivity index (χ1n) is 6.00. The summed E-state index contributed by atoms with van der Waals surface area (Å²) in [5.74, 6) is 1.63. The van der Waals surface area contributed by atoms with E-state index in [1.54, 1.807) is 26.7 Å². The number of ether oxygens (including phenoxy) is 3. The fourth-order valence-electron chi connectivity index (χ4n) is 2.20. The summed E-state index contributed by atoms with van der Waals surface area (Å²) in [5, 5.41) is 4.23. The highest BCUT2D eigenvalue weighted by atomic mass is 16.5. The summed E-state index contributed by atoms with van der Waals surface area (Å²) in [7, 11) is 3.31. The molecule has 0 unspecified atom stereocenters. The molecule has 0 spiro atoms. The number of rotatable bonds is 2. The van der Waals surface area contributed by atoms with Crippen molar-refractivity contribution in [2.75, 3.05) is 14.2 Å². The predicted molar refractivity (Wildman–Crippen MR) is 72.9 cm³/mol. The van der Waals surface area contributed by atoms with Crippen molar-refractivity contribution in [1.29, 1.82) is 0 Å². The van der Waals surface area contributed by atoms with E-state index in [2.05, 4.69) is 0 Å². The minimum Gasteiger partial charge on any atom is -0.497 e. The van der Waals surface area contributed by atoms with Crippen LogP contribution >= 0.6 is 0 Å². The van der Waals surface area contributed by atoms with Gasteiger partial charge in [0.15, 0.2) is 0 Å². The molecule has 1 heterocycles. The van der Waals surface area contributed by atoms with Crippen LogP contribution in [0.2, 0.25) is 0 Å². The Kier molecular flexibility index (Phi) is 2.88. The molecule has 0 radical (unpaired) electrons. The standard InChI is InChI=1S/C16H14O3/c1-17-13-3-5-15-11(7-13)9-19-10-12-8-14(18-2)4-6-16(12)15/h3-10H,1-2H3. The van der Waals surface area contributed by atoms with E-state index in [0.29, 0.717) is 0 Å². The maximum Gasteiger partial charge on any atom is 0.119 e. The van der Waals surface area contributed by atoms with Crippen LogP contribution in [0.15, 0.2) is 36.4 Å². The van der Waals surface area contributed by atoms with Gasteiger partial charge in [-0.25, -0.2) is 0 Å². The lowest BCUT2D eigenvalue weighted by atomic mass is 10.1. The number of methoxy groups -OCH3 is 2. The minimum absolute atomic E-state index is 0.815. The molecule has 19 heavy (non-hydrogen) atoms. The Morgan fingerprint density at radius 3 is 1.63 bits per heavy atom. The largest absolute Gasteiger partial charge is 0.497 e. The zero-order valence-electron chi connectivity index (χ0n) is 10.8. The van der Waals surface area contributed by atoms with Crippen LogP contribution in [0.4, 0.5) is 0 Å². The van der Waals surface area contributed by atoms with Crippen LogP contribution in [0.25, 0.3) is 12.5 Å². The third kappa shape index (κ3) is 2.03. The smallest absolute Gasteiger partial charge is 0.119 e. The fraction of sp³-hybridized carbons (Fsp3) is 0.125. The molecule has 3 nitrogen and oxygen atoms in total. The van der Waals surface area contributed by atoms with Crippen LogP contribution in [0.1, 0.15) is 0 Å². The molecule has 3 rings (SSSR count). The third-order valence-electron chi connectivity index (χ3n) is 3.20. The van der Waals surface area contributed by atoms with Crippen LogP contribution in [0.5, 0.6) is 11.5 Å². The molecule has 96 valence electrons. The van der Waals surface area contributed by atoms with Gasteiger partial charge in [-0.2, -0.15) is 0 Å². The zero-order valence-corrected chi connectivity index (χ0v) is 10.8. The highest BCUT2D eigenvalue weighted by Gasteiger charge is 1.99. The van der Waals surface area contributed by atoms with Gasteiger partial charge in [-0.05, 0) is 46.8 Å². The maximum absolute atomic E-state index is 5.49. The van der Waals surface area contributed by atoms with Crippen molar-refractivity contribution in [3.05, 3.63) is 57.3 Å². The van der Waals surface area contributed by atoms with Gasteiger partial charge < -0.3 is 14.2 Å². The van der Waals surface area contributed by atoms with Gasteiger partial charge in [-0.3, -0.25) is 0 Å². The number of hydrogen-bond acceptors (Lipinski definition) is 3. The quantitative estimate of drug-likeness (QED) is 0.813. The van der Waals surface area contributed by atoms with Crippen LogP contribution in [-0.2, 0) is 4.74 Å². The summed E-state index contributed by atoms with van der Waals surface area (Å²) in [4.78, 5) is 0. The average molecular weight is 254 g/mol. The number of hydrogen-bond donors (Lipinski definition) is 0. The van der Waals surface area contributed by atoms with E-state index in [-0.39, 0.29) is 0 Å². The van der Waals surface area contributed by atoms with Crippen molar-refractivity contribution < 1.29 is 14.2 Å². The second-order valence-electron chi connectivity index (χ2n) is 4.28. The lowest BCUT2D eigenvalue weighted by molar-refractivity contribution is 0.414. The second kappa shape index (κ2) is 4.69. The van der Waals surface area contributed by atoms with E-state index in [0.717, 1.165) is 32.4 Å². The predicted octanol–water partition coefficient (Wildman–Crippen LogP) is 1.50. The summed E-state index contributed by atoms with van der Waals surface area (Å²) in [6.07, 6.45) is 3.45. The topological polar surface area (TPSA) is 27.7 Å². The van der Waals surface area contributed by atoms with Gasteiger partial charge in [-0.15, -0.1) is 0 Å². The van der Waals surface area contributed by atoms with Crippen LogP contribution < -0.4 is 19.9 Å². The van der Waals surface area contributed by atoms with Crippen LogP contribution in [0.3, 0.4) is 0 Å². The van der Waals surface area contributed by atoms with Crippen molar-refractivity contribution >= 4 is 12.5 Å². The first-order chi connectivity index (χ1) is 9.31. The Labute approximate surface area is 110 Å².